The van der Waals surface area contributed by atoms with E-state index < -0.39 is 34.2 Å². The van der Waals surface area contributed by atoms with Gasteiger partial charge in [0.2, 0.25) is 0 Å². The molecule has 12 heteroatoms. The molecule has 0 bridgehead atoms. The van der Waals surface area contributed by atoms with Crippen LogP contribution in [0.3, 0.4) is 0 Å². The summed E-state index contributed by atoms with van der Waals surface area (Å²) in [4.78, 5) is 34.3. The highest BCUT2D eigenvalue weighted by Crippen LogP contribution is 2.34. The van der Waals surface area contributed by atoms with Crippen molar-refractivity contribution in [3.8, 4) is 5.69 Å². The number of non-ortho nitro benzene ring substituents is 1. The quantitative estimate of drug-likeness (QED) is 0.343. The summed E-state index contributed by atoms with van der Waals surface area (Å²) in [7, 11) is 0. The molecule has 3 aromatic rings. The third-order valence-electron chi connectivity index (χ3n) is 4.24. The number of nitrogens with zero attached hydrogens (tertiary/aromatic N) is 3. The number of nitro groups is 1. The summed E-state index contributed by atoms with van der Waals surface area (Å²) in [6.07, 6.45) is -4.11. The fraction of sp³-hybridized carbons (Fsp3) is 0.150. The Bertz CT molecular complexity index is 1160. The Hall–Kier alpha value is -4.22. The largest absolute Gasteiger partial charge is 0.462 e. The molecule has 9 nitrogen and oxygen atoms in total. The first-order valence-corrected chi connectivity index (χ1v) is 9.10. The number of halogens is 3. The lowest BCUT2D eigenvalue weighted by Gasteiger charge is -2.13. The van der Waals surface area contributed by atoms with E-state index in [1.807, 2.05) is 0 Å². The number of nitro benzene ring substituents is 1. The van der Waals surface area contributed by atoms with E-state index >= 15 is 0 Å². The van der Waals surface area contributed by atoms with Crippen molar-refractivity contribution < 1.29 is 32.4 Å². The molecule has 0 unspecified atom stereocenters. The molecule has 2 aromatic carbocycles. The number of esters is 1. The van der Waals surface area contributed by atoms with E-state index in [1.54, 1.807) is 0 Å². The molecule has 0 fully saturated rings. The molecule has 1 amide bonds. The monoisotopic (exact) mass is 448 g/mol. The number of aromatic nitrogens is 2. The van der Waals surface area contributed by atoms with Gasteiger partial charge in [0.15, 0.2) is 5.69 Å². The number of hydrogen-bond acceptors (Lipinski definition) is 6. The third-order valence-corrected chi connectivity index (χ3v) is 4.24. The van der Waals surface area contributed by atoms with Gasteiger partial charge in [0, 0.05) is 23.4 Å². The number of hydrogen-bond donors (Lipinski definition) is 1. The Morgan fingerprint density at radius 3 is 2.28 bits per heavy atom. The molecule has 0 saturated carbocycles. The number of carbonyl (C=O) groups excluding carboxylic acids is 2. The van der Waals surface area contributed by atoms with E-state index in [0.717, 1.165) is 6.20 Å². The van der Waals surface area contributed by atoms with Gasteiger partial charge in [0.05, 0.1) is 23.4 Å². The fourth-order valence-electron chi connectivity index (χ4n) is 2.80. The second-order valence-corrected chi connectivity index (χ2v) is 6.34. The van der Waals surface area contributed by atoms with E-state index in [4.69, 9.17) is 0 Å². The number of anilines is 1. The number of alkyl halides is 3. The summed E-state index contributed by atoms with van der Waals surface area (Å²) in [5, 5.41) is 16.9. The summed E-state index contributed by atoms with van der Waals surface area (Å²) < 4.78 is 45.9. The summed E-state index contributed by atoms with van der Waals surface area (Å²) in [5.74, 6) is -1.72. The maximum atomic E-state index is 13.6. The molecule has 1 heterocycles. The maximum absolute atomic E-state index is 13.6. The van der Waals surface area contributed by atoms with Crippen molar-refractivity contribution in [3.63, 3.8) is 0 Å². The van der Waals surface area contributed by atoms with E-state index in [-0.39, 0.29) is 23.5 Å². The molecule has 0 aliphatic rings. The number of amides is 1. The molecule has 0 atom stereocenters. The lowest BCUT2D eigenvalue weighted by molar-refractivity contribution is -0.384. The zero-order chi connectivity index (χ0) is 23.5. The van der Waals surface area contributed by atoms with Crippen LogP contribution in [0.5, 0.6) is 0 Å². The number of rotatable bonds is 6. The van der Waals surface area contributed by atoms with Crippen LogP contribution in [-0.2, 0) is 10.9 Å². The van der Waals surface area contributed by atoms with Crippen molar-refractivity contribution in [1.82, 2.24) is 9.78 Å². The Morgan fingerprint density at radius 2 is 1.75 bits per heavy atom. The van der Waals surface area contributed by atoms with Crippen molar-refractivity contribution in [1.29, 1.82) is 0 Å². The lowest BCUT2D eigenvalue weighted by Crippen LogP contribution is -2.18. The second-order valence-electron chi connectivity index (χ2n) is 6.34. The highest BCUT2D eigenvalue weighted by molar-refractivity contribution is 6.04. The Labute approximate surface area is 178 Å². The van der Waals surface area contributed by atoms with Crippen LogP contribution >= 0.6 is 0 Å². The minimum atomic E-state index is -4.88. The van der Waals surface area contributed by atoms with Gasteiger partial charge in [-0.05, 0) is 43.3 Å². The van der Waals surface area contributed by atoms with Crippen LogP contribution in [0.25, 0.3) is 5.69 Å². The fourth-order valence-corrected chi connectivity index (χ4v) is 2.80. The minimum absolute atomic E-state index is 0.0280. The Kier molecular flexibility index (Phi) is 6.23. The van der Waals surface area contributed by atoms with Crippen molar-refractivity contribution >= 4 is 23.3 Å². The smallest absolute Gasteiger partial charge is 0.434 e. The van der Waals surface area contributed by atoms with Crippen LogP contribution in [-0.4, -0.2) is 33.2 Å². The van der Waals surface area contributed by atoms with Crippen LogP contribution in [0.15, 0.2) is 54.7 Å². The van der Waals surface area contributed by atoms with Crippen LogP contribution in [0.1, 0.15) is 33.3 Å². The normalized spacial score (nSPS) is 11.1. The van der Waals surface area contributed by atoms with Gasteiger partial charge in [-0.3, -0.25) is 14.9 Å². The van der Waals surface area contributed by atoms with Crippen molar-refractivity contribution in [2.75, 3.05) is 11.9 Å². The van der Waals surface area contributed by atoms with E-state index in [1.165, 1.54) is 55.5 Å². The van der Waals surface area contributed by atoms with E-state index in [0.29, 0.717) is 10.4 Å². The zero-order valence-corrected chi connectivity index (χ0v) is 16.4. The van der Waals surface area contributed by atoms with Crippen LogP contribution < -0.4 is 5.32 Å². The van der Waals surface area contributed by atoms with Crippen molar-refractivity contribution in [3.05, 3.63) is 81.7 Å². The predicted molar refractivity (Wildman–Crippen MR) is 106 cm³/mol. The van der Waals surface area contributed by atoms with Crippen molar-refractivity contribution in [2.45, 2.75) is 13.1 Å². The molecular formula is C20H15F3N4O5. The summed E-state index contributed by atoms with van der Waals surface area (Å²) in [5.41, 5.74) is -1.76. The highest BCUT2D eigenvalue weighted by atomic mass is 19.4. The molecule has 0 spiro atoms. The third kappa shape index (κ3) is 4.74. The lowest BCUT2D eigenvalue weighted by atomic mass is 10.1. The first-order chi connectivity index (χ1) is 15.1. The van der Waals surface area contributed by atoms with Gasteiger partial charge in [-0.1, -0.05) is 0 Å². The molecule has 0 aliphatic carbocycles. The van der Waals surface area contributed by atoms with Gasteiger partial charge in [-0.25, -0.2) is 9.48 Å². The topological polar surface area (TPSA) is 116 Å². The van der Waals surface area contributed by atoms with Crippen LogP contribution in [0.4, 0.5) is 24.5 Å². The summed E-state index contributed by atoms with van der Waals surface area (Å²) in [6.45, 7) is 1.37. The first-order valence-electron chi connectivity index (χ1n) is 9.10. The van der Waals surface area contributed by atoms with Gasteiger partial charge in [0.1, 0.15) is 5.56 Å². The van der Waals surface area contributed by atoms with Gasteiger partial charge < -0.3 is 10.1 Å². The van der Waals surface area contributed by atoms with Crippen LogP contribution in [0.2, 0.25) is 0 Å². The SMILES string of the molecule is CCOC(=O)c1cnn(-c2ccc(C(=O)Nc3ccc([N+](=O)[O-])cc3)cc2)c1C(F)(F)F. The number of nitrogens with one attached hydrogen (secondary N) is 1. The van der Waals surface area contributed by atoms with Crippen molar-refractivity contribution in [2.24, 2.45) is 0 Å². The molecular weight excluding hydrogens is 433 g/mol. The van der Waals surface area contributed by atoms with E-state index in [2.05, 4.69) is 15.2 Å². The Morgan fingerprint density at radius 1 is 1.12 bits per heavy atom. The number of carbonyl (C=O) groups is 2. The summed E-state index contributed by atoms with van der Waals surface area (Å²) >= 11 is 0. The predicted octanol–water partition coefficient (Wildman–Crippen LogP) is 4.23. The molecule has 166 valence electrons. The highest BCUT2D eigenvalue weighted by Gasteiger charge is 2.41. The Balaban J connectivity index is 1.84. The zero-order valence-electron chi connectivity index (χ0n) is 16.4. The first kappa shape index (κ1) is 22.5. The minimum Gasteiger partial charge on any atom is -0.462 e. The number of ether oxygens (including phenoxy) is 1. The average Bonchev–Trinajstić information content (AvgIpc) is 3.20. The molecule has 1 aromatic heterocycles. The number of benzene rings is 2. The molecule has 0 aliphatic heterocycles. The standard InChI is InChI=1S/C20H15F3N4O5/c1-2-32-19(29)16-11-24-26(17(16)20(21,22)23)14-7-3-12(4-8-14)18(28)25-13-5-9-15(10-6-13)27(30)31/h3-11H,2H2,1H3,(H,25,28). The molecule has 32 heavy (non-hydrogen) atoms. The van der Waals surface area contributed by atoms with Crippen LogP contribution in [0, 0.1) is 10.1 Å². The van der Waals surface area contributed by atoms with Gasteiger partial charge in [-0.2, -0.15) is 18.3 Å². The molecule has 1 N–H and O–H groups in total. The average molecular weight is 448 g/mol. The van der Waals surface area contributed by atoms with Gasteiger partial charge >= 0.3 is 12.1 Å². The maximum Gasteiger partial charge on any atom is 0.434 e. The molecule has 0 radical (unpaired) electrons. The molecule has 0 saturated heterocycles. The second kappa shape index (κ2) is 8.88. The van der Waals surface area contributed by atoms with Gasteiger partial charge in [0.25, 0.3) is 11.6 Å². The van der Waals surface area contributed by atoms with Gasteiger partial charge in [-0.15, -0.1) is 0 Å². The summed E-state index contributed by atoms with van der Waals surface area (Å²) in [6, 6.07) is 10.2. The van der Waals surface area contributed by atoms with E-state index in [9.17, 15) is 32.9 Å². The molecule has 3 rings (SSSR count).